The van der Waals surface area contributed by atoms with Crippen molar-refractivity contribution >= 4 is 29.4 Å². The summed E-state index contributed by atoms with van der Waals surface area (Å²) in [4.78, 5) is 45.7. The van der Waals surface area contributed by atoms with Gasteiger partial charge >= 0.3 is 5.69 Å². The van der Waals surface area contributed by atoms with Crippen LogP contribution in [-0.2, 0) is 14.4 Å². The number of benzene rings is 1. The molecule has 2 amide bonds. The van der Waals surface area contributed by atoms with Gasteiger partial charge in [-0.25, -0.2) is 0 Å². The summed E-state index contributed by atoms with van der Waals surface area (Å²) in [6.07, 6.45) is 8.65. The van der Waals surface area contributed by atoms with Gasteiger partial charge in [0.15, 0.2) is 11.5 Å². The van der Waals surface area contributed by atoms with Crippen molar-refractivity contribution in [1.82, 2.24) is 5.32 Å². The Morgan fingerprint density at radius 2 is 1.79 bits per heavy atom. The van der Waals surface area contributed by atoms with Crippen LogP contribution in [0, 0.1) is 10.1 Å². The molecule has 8 nitrogen and oxygen atoms in total. The number of hydrogen-bond acceptors (Lipinski definition) is 6. The van der Waals surface area contributed by atoms with E-state index in [1.807, 2.05) is 0 Å². The average molecular weight is 402 g/mol. The quantitative estimate of drug-likeness (QED) is 0.115. The zero-order chi connectivity index (χ0) is 21.2. The van der Waals surface area contributed by atoms with Gasteiger partial charge in [-0.05, 0) is 24.1 Å². The molecule has 1 fully saturated rings. The molecule has 0 aliphatic carbocycles. The van der Waals surface area contributed by atoms with E-state index in [4.69, 9.17) is 4.74 Å². The van der Waals surface area contributed by atoms with E-state index >= 15 is 0 Å². The SMILES string of the molecule is CCCCCCCCCOc1ccc(/C=C2\C(=O)CC(=O)NC2=O)cc1[N+](=O)[O-]. The highest BCUT2D eigenvalue weighted by Gasteiger charge is 2.28. The molecule has 1 N–H and O–H groups in total. The number of carbonyl (C=O) groups excluding carboxylic acids is 3. The highest BCUT2D eigenvalue weighted by atomic mass is 16.6. The number of nitro benzene ring substituents is 1. The van der Waals surface area contributed by atoms with Crippen molar-refractivity contribution in [3.8, 4) is 5.75 Å². The first-order valence-corrected chi connectivity index (χ1v) is 9.92. The van der Waals surface area contributed by atoms with E-state index in [0.29, 0.717) is 12.2 Å². The Kier molecular flexibility index (Phi) is 8.51. The van der Waals surface area contributed by atoms with Crippen LogP contribution in [0.1, 0.15) is 63.9 Å². The number of ether oxygens (including phenoxy) is 1. The van der Waals surface area contributed by atoms with Crippen LogP contribution in [0.5, 0.6) is 5.75 Å². The van der Waals surface area contributed by atoms with Crippen molar-refractivity contribution in [2.75, 3.05) is 6.61 Å². The summed E-state index contributed by atoms with van der Waals surface area (Å²) in [6, 6.07) is 4.25. The second-order valence-corrected chi connectivity index (χ2v) is 6.99. The number of Topliss-reactive ketones (excluding diaryl/α,β-unsaturated/α-hetero) is 1. The molecular formula is C21H26N2O6. The van der Waals surface area contributed by atoms with E-state index in [1.54, 1.807) is 0 Å². The van der Waals surface area contributed by atoms with Gasteiger partial charge in [0.25, 0.3) is 5.91 Å². The standard InChI is InChI=1S/C21H26N2O6/c1-2-3-4-5-6-7-8-11-29-19-10-9-15(13-17(19)23(27)28)12-16-18(24)14-20(25)22-21(16)26/h9-10,12-13H,2-8,11,14H2,1H3,(H,22,25,26)/b16-12+. The molecule has 0 aromatic heterocycles. The Morgan fingerprint density at radius 1 is 1.10 bits per heavy atom. The number of nitro groups is 1. The highest BCUT2D eigenvalue weighted by molar-refractivity contribution is 6.32. The van der Waals surface area contributed by atoms with E-state index < -0.39 is 28.9 Å². The number of carbonyl (C=O) groups is 3. The molecule has 0 atom stereocenters. The monoisotopic (exact) mass is 402 g/mol. The summed E-state index contributed by atoms with van der Waals surface area (Å²) in [7, 11) is 0. The molecule has 0 spiro atoms. The van der Waals surface area contributed by atoms with Gasteiger partial charge in [0.1, 0.15) is 0 Å². The molecule has 156 valence electrons. The number of hydrogen-bond donors (Lipinski definition) is 1. The molecular weight excluding hydrogens is 376 g/mol. The fraction of sp³-hybridized carbons (Fsp3) is 0.476. The highest BCUT2D eigenvalue weighted by Crippen LogP contribution is 2.29. The van der Waals surface area contributed by atoms with Gasteiger partial charge in [-0.1, -0.05) is 51.5 Å². The van der Waals surface area contributed by atoms with Crippen molar-refractivity contribution < 1.29 is 24.0 Å². The summed E-state index contributed by atoms with van der Waals surface area (Å²) in [5.41, 5.74) is -0.120. The van der Waals surface area contributed by atoms with Gasteiger partial charge in [0.2, 0.25) is 5.91 Å². The van der Waals surface area contributed by atoms with E-state index in [1.165, 1.54) is 50.0 Å². The number of imide groups is 1. The first-order valence-electron chi connectivity index (χ1n) is 9.92. The third-order valence-corrected chi connectivity index (χ3v) is 4.62. The van der Waals surface area contributed by atoms with E-state index in [2.05, 4.69) is 12.2 Å². The van der Waals surface area contributed by atoms with Crippen molar-refractivity contribution in [1.29, 1.82) is 0 Å². The number of nitrogens with zero attached hydrogens (tertiary/aromatic N) is 1. The molecule has 8 heteroatoms. The zero-order valence-electron chi connectivity index (χ0n) is 16.6. The van der Waals surface area contributed by atoms with E-state index in [-0.39, 0.29) is 17.0 Å². The largest absolute Gasteiger partial charge is 0.487 e. The van der Waals surface area contributed by atoms with Gasteiger partial charge in [0.05, 0.1) is 23.5 Å². The van der Waals surface area contributed by atoms with Crippen LogP contribution in [0.25, 0.3) is 6.08 Å². The number of unbranched alkanes of at least 4 members (excludes halogenated alkanes) is 6. The summed E-state index contributed by atoms with van der Waals surface area (Å²) in [5.74, 6) is -1.91. The fourth-order valence-corrected chi connectivity index (χ4v) is 3.05. The predicted octanol–water partition coefficient (Wildman–Crippen LogP) is 3.72. The van der Waals surface area contributed by atoms with Crippen LogP contribution >= 0.6 is 0 Å². The maximum absolute atomic E-state index is 11.9. The molecule has 0 saturated carbocycles. The molecule has 1 heterocycles. The number of amides is 2. The summed E-state index contributed by atoms with van der Waals surface area (Å²) >= 11 is 0. The average Bonchev–Trinajstić information content (AvgIpc) is 2.67. The smallest absolute Gasteiger partial charge is 0.311 e. The molecule has 1 aromatic rings. The molecule has 1 aliphatic heterocycles. The minimum Gasteiger partial charge on any atom is -0.487 e. The Labute approximate surface area is 169 Å². The fourth-order valence-electron chi connectivity index (χ4n) is 3.05. The second kappa shape index (κ2) is 11.1. The number of ketones is 1. The molecule has 1 aromatic carbocycles. The first kappa shape index (κ1) is 22.3. The molecule has 0 unspecified atom stereocenters. The van der Waals surface area contributed by atoms with Crippen LogP contribution in [0.2, 0.25) is 0 Å². The molecule has 2 rings (SSSR count). The maximum Gasteiger partial charge on any atom is 0.311 e. The minimum atomic E-state index is -0.798. The van der Waals surface area contributed by atoms with E-state index in [0.717, 1.165) is 19.3 Å². The predicted molar refractivity (Wildman–Crippen MR) is 107 cm³/mol. The van der Waals surface area contributed by atoms with Gasteiger partial charge < -0.3 is 4.74 Å². The number of piperidine rings is 1. The molecule has 1 saturated heterocycles. The number of nitrogens with one attached hydrogen (secondary N) is 1. The number of rotatable bonds is 11. The van der Waals surface area contributed by atoms with Gasteiger partial charge in [-0.3, -0.25) is 29.8 Å². The third kappa shape index (κ3) is 6.81. The lowest BCUT2D eigenvalue weighted by Crippen LogP contribution is -2.40. The normalized spacial score (nSPS) is 15.5. The van der Waals surface area contributed by atoms with Gasteiger partial charge in [-0.2, -0.15) is 0 Å². The Morgan fingerprint density at radius 3 is 2.45 bits per heavy atom. The Balaban J connectivity index is 1.99. The zero-order valence-corrected chi connectivity index (χ0v) is 16.6. The van der Waals surface area contributed by atoms with Crippen molar-refractivity contribution in [2.24, 2.45) is 0 Å². The van der Waals surface area contributed by atoms with Crippen LogP contribution < -0.4 is 10.1 Å². The van der Waals surface area contributed by atoms with Crippen LogP contribution in [0.15, 0.2) is 23.8 Å². The summed E-state index contributed by atoms with van der Waals surface area (Å²) in [6.45, 7) is 2.56. The van der Waals surface area contributed by atoms with Crippen LogP contribution in [0.3, 0.4) is 0 Å². The molecule has 0 bridgehead atoms. The van der Waals surface area contributed by atoms with Gasteiger partial charge in [0, 0.05) is 6.07 Å². The lowest BCUT2D eigenvalue weighted by molar-refractivity contribution is -0.385. The maximum atomic E-state index is 11.9. The lowest BCUT2D eigenvalue weighted by Gasteiger charge is -2.12. The second-order valence-electron chi connectivity index (χ2n) is 6.99. The molecule has 0 radical (unpaired) electrons. The van der Waals surface area contributed by atoms with Crippen LogP contribution in [0.4, 0.5) is 5.69 Å². The summed E-state index contributed by atoms with van der Waals surface area (Å²) < 4.78 is 5.57. The van der Waals surface area contributed by atoms with Crippen molar-refractivity contribution in [2.45, 2.75) is 58.3 Å². The van der Waals surface area contributed by atoms with Crippen molar-refractivity contribution in [3.63, 3.8) is 0 Å². The lowest BCUT2D eigenvalue weighted by atomic mass is 10.0. The Bertz CT molecular complexity index is 793. The van der Waals surface area contributed by atoms with Crippen LogP contribution in [-0.4, -0.2) is 29.1 Å². The Hall–Kier alpha value is -3.03. The molecule has 29 heavy (non-hydrogen) atoms. The molecule has 1 aliphatic rings. The van der Waals surface area contributed by atoms with Crippen molar-refractivity contribution in [3.05, 3.63) is 39.4 Å². The summed E-state index contributed by atoms with van der Waals surface area (Å²) in [5, 5.41) is 13.4. The first-order chi connectivity index (χ1) is 13.9. The van der Waals surface area contributed by atoms with E-state index in [9.17, 15) is 24.5 Å². The minimum absolute atomic E-state index is 0.151. The third-order valence-electron chi connectivity index (χ3n) is 4.62. The topological polar surface area (TPSA) is 116 Å². The van der Waals surface area contributed by atoms with Gasteiger partial charge in [-0.15, -0.1) is 0 Å².